The van der Waals surface area contributed by atoms with E-state index in [0.717, 1.165) is 10.7 Å². The lowest BCUT2D eigenvalue weighted by Crippen LogP contribution is -2.14. The van der Waals surface area contributed by atoms with Crippen LogP contribution >= 0.6 is 11.8 Å². The molecule has 1 atom stereocenters. The maximum absolute atomic E-state index is 13.3. The third kappa shape index (κ3) is 2.62. The number of nitrogens with one attached hydrogen (secondary N) is 1. The second-order valence-corrected chi connectivity index (χ2v) is 4.88. The third-order valence-corrected chi connectivity index (χ3v) is 3.60. The molecule has 0 aliphatic carbocycles. The van der Waals surface area contributed by atoms with Crippen LogP contribution in [-0.2, 0) is 0 Å². The van der Waals surface area contributed by atoms with Gasteiger partial charge in [-0.1, -0.05) is 6.07 Å². The molecule has 1 aromatic carbocycles. The van der Waals surface area contributed by atoms with Crippen LogP contribution in [0.2, 0.25) is 0 Å². The fraction of sp³-hybridized carbons (Fsp3) is 0.231. The van der Waals surface area contributed by atoms with Crippen LogP contribution in [0, 0.1) is 24.1 Å². The molecule has 0 aliphatic heterocycles. The Morgan fingerprint density at radius 2 is 2.26 bits per heavy atom. The Bertz CT molecular complexity index is 645. The first-order valence-electron chi connectivity index (χ1n) is 5.62. The first-order chi connectivity index (χ1) is 9.06. The zero-order valence-electron chi connectivity index (χ0n) is 10.6. The molecule has 2 aromatic rings. The van der Waals surface area contributed by atoms with E-state index in [-0.39, 0.29) is 5.56 Å². The summed E-state index contributed by atoms with van der Waals surface area (Å²) < 4.78 is 13.3. The molecule has 3 N–H and O–H groups in total. The Labute approximate surface area is 114 Å². The van der Waals surface area contributed by atoms with Crippen molar-refractivity contribution < 1.29 is 4.39 Å². The standard InChI is InChI=1S/C13H13FN4S/c1-7-13(19-2)18-12(17-7)11(16)8-3-4-10(14)9(5-8)6-15/h3-5,11H,16H2,1-2H3,(H,17,18). The predicted octanol–water partition coefficient (Wildman–Crippen LogP) is 2.50. The lowest BCUT2D eigenvalue weighted by atomic mass is 10.0. The number of thioether (sulfide) groups is 1. The van der Waals surface area contributed by atoms with Gasteiger partial charge in [-0.2, -0.15) is 5.26 Å². The van der Waals surface area contributed by atoms with E-state index in [1.807, 2.05) is 13.2 Å². The summed E-state index contributed by atoms with van der Waals surface area (Å²) in [6, 6.07) is 5.57. The van der Waals surface area contributed by atoms with Gasteiger partial charge in [0.25, 0.3) is 0 Å². The van der Waals surface area contributed by atoms with Crippen LogP contribution < -0.4 is 5.73 Å². The predicted molar refractivity (Wildman–Crippen MR) is 72.3 cm³/mol. The van der Waals surface area contributed by atoms with Crippen LogP contribution in [0.15, 0.2) is 23.2 Å². The molecule has 4 nitrogen and oxygen atoms in total. The second kappa shape index (κ2) is 5.43. The molecule has 0 aliphatic rings. The summed E-state index contributed by atoms with van der Waals surface area (Å²) in [6.45, 7) is 1.92. The van der Waals surface area contributed by atoms with Gasteiger partial charge in [-0.15, -0.1) is 11.8 Å². The van der Waals surface area contributed by atoms with Gasteiger partial charge >= 0.3 is 0 Å². The molecule has 0 saturated carbocycles. The van der Waals surface area contributed by atoms with E-state index in [1.165, 1.54) is 23.9 Å². The minimum Gasteiger partial charge on any atom is -0.344 e. The van der Waals surface area contributed by atoms with Gasteiger partial charge in [-0.05, 0) is 30.9 Å². The van der Waals surface area contributed by atoms with Crippen LogP contribution in [0.5, 0.6) is 0 Å². The van der Waals surface area contributed by atoms with E-state index in [1.54, 1.807) is 12.1 Å². The highest BCUT2D eigenvalue weighted by atomic mass is 32.2. The summed E-state index contributed by atoms with van der Waals surface area (Å²) in [5.74, 6) is 0.0660. The smallest absolute Gasteiger partial charge is 0.140 e. The number of halogens is 1. The van der Waals surface area contributed by atoms with E-state index in [4.69, 9.17) is 11.0 Å². The first kappa shape index (κ1) is 13.6. The van der Waals surface area contributed by atoms with Crippen molar-refractivity contribution in [3.8, 4) is 6.07 Å². The number of benzene rings is 1. The van der Waals surface area contributed by atoms with Gasteiger partial charge in [0.15, 0.2) is 0 Å². The number of nitriles is 1. The van der Waals surface area contributed by atoms with Crippen molar-refractivity contribution >= 4 is 11.8 Å². The lowest BCUT2D eigenvalue weighted by Gasteiger charge is -2.09. The van der Waals surface area contributed by atoms with Crippen molar-refractivity contribution in [2.24, 2.45) is 5.73 Å². The number of aromatic amines is 1. The van der Waals surface area contributed by atoms with Gasteiger partial charge in [0.2, 0.25) is 0 Å². The Hall–Kier alpha value is -1.84. The van der Waals surface area contributed by atoms with Gasteiger partial charge in [0.1, 0.15) is 22.7 Å². The molecule has 98 valence electrons. The van der Waals surface area contributed by atoms with Crippen LogP contribution in [0.1, 0.15) is 28.7 Å². The van der Waals surface area contributed by atoms with Gasteiger partial charge in [0, 0.05) is 5.69 Å². The van der Waals surface area contributed by atoms with E-state index >= 15 is 0 Å². The van der Waals surface area contributed by atoms with Crippen molar-refractivity contribution in [1.29, 1.82) is 5.26 Å². The topological polar surface area (TPSA) is 78.5 Å². The molecule has 1 heterocycles. The maximum Gasteiger partial charge on any atom is 0.140 e. The number of nitrogens with zero attached hydrogens (tertiary/aromatic N) is 2. The van der Waals surface area contributed by atoms with Crippen LogP contribution in [-0.4, -0.2) is 16.2 Å². The number of aryl methyl sites for hydroxylation is 1. The highest BCUT2D eigenvalue weighted by Gasteiger charge is 2.16. The quantitative estimate of drug-likeness (QED) is 0.844. The van der Waals surface area contributed by atoms with Gasteiger partial charge in [-0.25, -0.2) is 9.37 Å². The molecule has 6 heteroatoms. The molecule has 1 aromatic heterocycles. The molecule has 2 rings (SSSR count). The molecule has 0 fully saturated rings. The number of rotatable bonds is 3. The summed E-state index contributed by atoms with van der Waals surface area (Å²) in [5, 5.41) is 9.71. The highest BCUT2D eigenvalue weighted by Crippen LogP contribution is 2.23. The van der Waals surface area contributed by atoms with Gasteiger partial charge < -0.3 is 10.7 Å². The lowest BCUT2D eigenvalue weighted by molar-refractivity contribution is 0.622. The Kier molecular flexibility index (Phi) is 3.88. The third-order valence-electron chi connectivity index (χ3n) is 2.82. The molecular formula is C13H13FN4S. The van der Waals surface area contributed by atoms with Crippen molar-refractivity contribution in [3.05, 3.63) is 46.7 Å². The van der Waals surface area contributed by atoms with Crippen molar-refractivity contribution in [2.45, 2.75) is 18.0 Å². The monoisotopic (exact) mass is 276 g/mol. The van der Waals surface area contributed by atoms with Crippen molar-refractivity contribution in [1.82, 2.24) is 9.97 Å². The van der Waals surface area contributed by atoms with Crippen LogP contribution in [0.3, 0.4) is 0 Å². The molecular weight excluding hydrogens is 263 g/mol. The fourth-order valence-corrected chi connectivity index (χ4v) is 2.34. The Balaban J connectivity index is 2.38. The fourth-order valence-electron chi connectivity index (χ4n) is 1.79. The van der Waals surface area contributed by atoms with Crippen LogP contribution in [0.25, 0.3) is 0 Å². The van der Waals surface area contributed by atoms with Crippen molar-refractivity contribution in [3.63, 3.8) is 0 Å². The summed E-state index contributed by atoms with van der Waals surface area (Å²) in [6.07, 6.45) is 1.93. The molecule has 0 spiro atoms. The summed E-state index contributed by atoms with van der Waals surface area (Å²) >= 11 is 1.53. The van der Waals surface area contributed by atoms with E-state index in [0.29, 0.717) is 11.4 Å². The van der Waals surface area contributed by atoms with E-state index < -0.39 is 11.9 Å². The number of hydrogen-bond acceptors (Lipinski definition) is 4. The Morgan fingerprint density at radius 3 is 2.84 bits per heavy atom. The second-order valence-electron chi connectivity index (χ2n) is 4.09. The summed E-state index contributed by atoms with van der Waals surface area (Å²) in [4.78, 5) is 7.50. The molecule has 19 heavy (non-hydrogen) atoms. The average Bonchev–Trinajstić information content (AvgIpc) is 2.79. The number of aromatic nitrogens is 2. The minimum absolute atomic E-state index is 0.0127. The van der Waals surface area contributed by atoms with Gasteiger partial charge in [0.05, 0.1) is 11.6 Å². The zero-order chi connectivity index (χ0) is 14.0. The number of nitrogens with two attached hydrogens (primary N) is 1. The number of H-pyrrole nitrogens is 1. The molecule has 0 amide bonds. The summed E-state index contributed by atoms with van der Waals surface area (Å²) in [5.41, 5.74) is 7.68. The van der Waals surface area contributed by atoms with E-state index in [2.05, 4.69) is 9.97 Å². The minimum atomic E-state index is -0.543. The SMILES string of the molecule is CSc1nc(C(N)c2ccc(F)c(C#N)c2)[nH]c1C. The van der Waals surface area contributed by atoms with E-state index in [9.17, 15) is 4.39 Å². The van der Waals surface area contributed by atoms with Gasteiger partial charge in [-0.3, -0.25) is 0 Å². The molecule has 0 bridgehead atoms. The molecule has 1 unspecified atom stereocenters. The largest absolute Gasteiger partial charge is 0.344 e. The number of imidazole rings is 1. The average molecular weight is 276 g/mol. The van der Waals surface area contributed by atoms with Crippen molar-refractivity contribution in [2.75, 3.05) is 6.26 Å². The molecule has 0 radical (unpaired) electrons. The first-order valence-corrected chi connectivity index (χ1v) is 6.85. The zero-order valence-corrected chi connectivity index (χ0v) is 11.4. The number of hydrogen-bond donors (Lipinski definition) is 2. The normalized spacial score (nSPS) is 12.2. The summed E-state index contributed by atoms with van der Waals surface area (Å²) in [7, 11) is 0. The Morgan fingerprint density at radius 1 is 1.53 bits per heavy atom. The maximum atomic E-state index is 13.3. The van der Waals surface area contributed by atoms with Crippen LogP contribution in [0.4, 0.5) is 4.39 Å². The highest BCUT2D eigenvalue weighted by molar-refractivity contribution is 7.98. The molecule has 0 saturated heterocycles.